The molecule has 3 nitrogen and oxygen atoms in total. The van der Waals surface area contributed by atoms with E-state index in [1.54, 1.807) is 13.3 Å². The van der Waals surface area contributed by atoms with Crippen LogP contribution in [0.5, 0.6) is 0 Å². The highest BCUT2D eigenvalue weighted by Gasteiger charge is 2.38. The molecule has 1 saturated heterocycles. The molecule has 0 amide bonds. The molecular formula is C8H17O3P. The summed E-state index contributed by atoms with van der Waals surface area (Å²) in [7, 11) is -2.18. The molecule has 3 atom stereocenters. The van der Waals surface area contributed by atoms with E-state index in [2.05, 4.69) is 0 Å². The van der Waals surface area contributed by atoms with E-state index in [0.717, 1.165) is 6.42 Å². The fourth-order valence-electron chi connectivity index (χ4n) is 1.48. The first-order valence-electron chi connectivity index (χ1n) is 4.33. The van der Waals surface area contributed by atoms with E-state index in [4.69, 9.17) is 4.74 Å². The first kappa shape index (κ1) is 10.2. The maximum absolute atomic E-state index is 11.6. The van der Waals surface area contributed by atoms with Crippen LogP contribution in [0.25, 0.3) is 0 Å². The first-order valence-corrected chi connectivity index (χ1v) is 7.00. The van der Waals surface area contributed by atoms with Crippen LogP contribution < -0.4 is 0 Å². The summed E-state index contributed by atoms with van der Waals surface area (Å²) in [5.41, 5.74) is 0. The van der Waals surface area contributed by atoms with Gasteiger partial charge in [-0.05, 0) is 19.8 Å². The van der Waals surface area contributed by atoms with Gasteiger partial charge in [0, 0.05) is 6.42 Å². The van der Waals surface area contributed by atoms with Gasteiger partial charge in [0.2, 0.25) is 0 Å². The van der Waals surface area contributed by atoms with Crippen molar-refractivity contribution in [2.24, 2.45) is 0 Å². The van der Waals surface area contributed by atoms with Crippen molar-refractivity contribution >= 4 is 7.14 Å². The van der Waals surface area contributed by atoms with Crippen molar-refractivity contribution in [3.63, 3.8) is 0 Å². The zero-order valence-corrected chi connectivity index (χ0v) is 8.75. The van der Waals surface area contributed by atoms with Crippen molar-refractivity contribution < 1.29 is 14.4 Å². The SMILES string of the molecule is CC[C@H]1O[C@@H](P(C)(C)=O)C[C@H]1O. The number of hydrogen-bond acceptors (Lipinski definition) is 3. The second kappa shape index (κ2) is 3.49. The Bertz CT molecular complexity index is 198. The van der Waals surface area contributed by atoms with Crippen LogP contribution in [0.2, 0.25) is 0 Å². The molecule has 0 aliphatic carbocycles. The lowest BCUT2D eigenvalue weighted by molar-refractivity contribution is 0.0299. The monoisotopic (exact) mass is 192 g/mol. The van der Waals surface area contributed by atoms with E-state index in [1.165, 1.54) is 0 Å². The molecule has 1 aliphatic heterocycles. The molecule has 1 fully saturated rings. The van der Waals surface area contributed by atoms with Crippen LogP contribution >= 0.6 is 7.14 Å². The highest BCUT2D eigenvalue weighted by atomic mass is 31.2. The van der Waals surface area contributed by atoms with Gasteiger partial charge in [0.05, 0.1) is 12.2 Å². The van der Waals surface area contributed by atoms with Crippen molar-refractivity contribution in [1.29, 1.82) is 0 Å². The molecule has 0 aromatic heterocycles. The van der Waals surface area contributed by atoms with Gasteiger partial charge in [-0.3, -0.25) is 0 Å². The Morgan fingerprint density at radius 3 is 2.42 bits per heavy atom. The van der Waals surface area contributed by atoms with Gasteiger partial charge in [0.25, 0.3) is 0 Å². The molecule has 4 heteroatoms. The molecule has 0 spiro atoms. The van der Waals surface area contributed by atoms with Gasteiger partial charge in [0.15, 0.2) is 0 Å². The van der Waals surface area contributed by atoms with Crippen molar-refractivity contribution in [2.45, 2.75) is 37.8 Å². The number of ether oxygens (including phenoxy) is 1. The number of aliphatic hydroxyl groups is 1. The molecular weight excluding hydrogens is 175 g/mol. The van der Waals surface area contributed by atoms with Crippen molar-refractivity contribution in [3.05, 3.63) is 0 Å². The zero-order chi connectivity index (χ0) is 9.35. The second-order valence-corrected chi connectivity index (χ2v) is 7.22. The van der Waals surface area contributed by atoms with Crippen LogP contribution in [0.4, 0.5) is 0 Å². The Kier molecular flexibility index (Phi) is 2.97. The summed E-state index contributed by atoms with van der Waals surface area (Å²) >= 11 is 0. The van der Waals surface area contributed by atoms with Gasteiger partial charge in [-0.1, -0.05) is 6.92 Å². The zero-order valence-electron chi connectivity index (χ0n) is 7.86. The molecule has 72 valence electrons. The summed E-state index contributed by atoms with van der Waals surface area (Å²) in [4.78, 5) is 0. The van der Waals surface area contributed by atoms with Crippen molar-refractivity contribution in [2.75, 3.05) is 13.3 Å². The Labute approximate surface area is 73.5 Å². The number of hydrogen-bond donors (Lipinski definition) is 1. The maximum Gasteiger partial charge on any atom is 0.113 e. The minimum absolute atomic E-state index is 0.108. The van der Waals surface area contributed by atoms with Crippen LogP contribution in [0.3, 0.4) is 0 Å². The highest BCUT2D eigenvalue weighted by molar-refractivity contribution is 7.62. The van der Waals surface area contributed by atoms with E-state index in [0.29, 0.717) is 6.42 Å². The highest BCUT2D eigenvalue weighted by Crippen LogP contribution is 2.49. The predicted molar refractivity (Wildman–Crippen MR) is 49.0 cm³/mol. The maximum atomic E-state index is 11.6. The largest absolute Gasteiger partial charge is 0.390 e. The molecule has 1 N–H and O–H groups in total. The fraction of sp³-hybridized carbons (Fsp3) is 1.00. The standard InChI is InChI=1S/C8H17O3P/c1-4-7-6(9)5-8(11-7)12(2,3)10/h6-9H,4-5H2,1-3H3/t6-,7-,8+/m1/s1. The third-order valence-electron chi connectivity index (χ3n) is 2.30. The minimum Gasteiger partial charge on any atom is -0.390 e. The topological polar surface area (TPSA) is 46.5 Å². The quantitative estimate of drug-likeness (QED) is 0.674. The molecule has 1 aliphatic rings. The molecule has 1 heterocycles. The average Bonchev–Trinajstić information content (AvgIpc) is 2.29. The third kappa shape index (κ3) is 2.09. The predicted octanol–water partition coefficient (Wildman–Crippen LogP) is 1.49. The molecule has 0 aromatic rings. The average molecular weight is 192 g/mol. The van der Waals surface area contributed by atoms with Gasteiger partial charge in [-0.2, -0.15) is 0 Å². The summed E-state index contributed by atoms with van der Waals surface area (Å²) in [6.45, 7) is 5.39. The van der Waals surface area contributed by atoms with Crippen LogP contribution in [-0.2, 0) is 9.30 Å². The van der Waals surface area contributed by atoms with E-state index >= 15 is 0 Å². The summed E-state index contributed by atoms with van der Waals surface area (Å²) in [6, 6.07) is 0. The third-order valence-corrected chi connectivity index (χ3v) is 4.02. The first-order chi connectivity index (χ1) is 5.45. The van der Waals surface area contributed by atoms with Crippen LogP contribution in [-0.4, -0.2) is 36.5 Å². The van der Waals surface area contributed by atoms with Gasteiger partial charge < -0.3 is 14.4 Å². The number of aliphatic hydroxyl groups excluding tert-OH is 1. The van der Waals surface area contributed by atoms with Crippen molar-refractivity contribution in [3.8, 4) is 0 Å². The molecule has 1 rings (SSSR count). The number of rotatable bonds is 2. The lowest BCUT2D eigenvalue weighted by atomic mass is 10.1. The molecule has 0 unspecified atom stereocenters. The summed E-state index contributed by atoms with van der Waals surface area (Å²) in [6.07, 6.45) is 0.789. The summed E-state index contributed by atoms with van der Waals surface area (Å²) in [5, 5.41) is 9.48. The Hall–Kier alpha value is 0.150. The molecule has 12 heavy (non-hydrogen) atoms. The second-order valence-electron chi connectivity index (χ2n) is 3.77. The van der Waals surface area contributed by atoms with E-state index in [1.807, 2.05) is 6.92 Å². The Morgan fingerprint density at radius 2 is 2.17 bits per heavy atom. The molecule has 0 aromatic carbocycles. The minimum atomic E-state index is -2.18. The van der Waals surface area contributed by atoms with Crippen LogP contribution in [0.1, 0.15) is 19.8 Å². The fourth-order valence-corrected chi connectivity index (χ4v) is 2.65. The normalized spacial score (nSPS) is 37.2. The van der Waals surface area contributed by atoms with Gasteiger partial charge >= 0.3 is 0 Å². The van der Waals surface area contributed by atoms with Gasteiger partial charge in [0.1, 0.15) is 13.0 Å². The van der Waals surface area contributed by atoms with E-state index < -0.39 is 13.2 Å². The summed E-state index contributed by atoms with van der Waals surface area (Å²) < 4.78 is 17.1. The van der Waals surface area contributed by atoms with Crippen molar-refractivity contribution in [1.82, 2.24) is 0 Å². The Morgan fingerprint density at radius 1 is 1.58 bits per heavy atom. The smallest absolute Gasteiger partial charge is 0.113 e. The lowest BCUT2D eigenvalue weighted by Gasteiger charge is -2.15. The molecule has 0 bridgehead atoms. The van der Waals surface area contributed by atoms with E-state index in [-0.39, 0.29) is 11.9 Å². The van der Waals surface area contributed by atoms with Crippen LogP contribution in [0, 0.1) is 0 Å². The lowest BCUT2D eigenvalue weighted by Crippen LogP contribution is -2.19. The van der Waals surface area contributed by atoms with Crippen LogP contribution in [0.15, 0.2) is 0 Å². The summed E-state index contributed by atoms with van der Waals surface area (Å²) in [5.74, 6) is -0.225. The van der Waals surface area contributed by atoms with Gasteiger partial charge in [-0.25, -0.2) is 0 Å². The van der Waals surface area contributed by atoms with E-state index in [9.17, 15) is 9.67 Å². The molecule has 0 radical (unpaired) electrons. The van der Waals surface area contributed by atoms with Gasteiger partial charge in [-0.15, -0.1) is 0 Å². The molecule has 0 saturated carbocycles. The Balaban J connectivity index is 2.60.